The van der Waals surface area contributed by atoms with Gasteiger partial charge in [-0.25, -0.2) is 0 Å². The zero-order chi connectivity index (χ0) is 9.26. The number of aliphatic hydroxyl groups is 1. The summed E-state index contributed by atoms with van der Waals surface area (Å²) in [5, 5.41) is 9.96. The van der Waals surface area contributed by atoms with E-state index in [4.69, 9.17) is 9.47 Å². The van der Waals surface area contributed by atoms with Gasteiger partial charge in [0.05, 0.1) is 24.9 Å². The van der Waals surface area contributed by atoms with E-state index in [1.807, 2.05) is 0 Å². The van der Waals surface area contributed by atoms with Gasteiger partial charge in [-0.15, -0.1) is 0 Å². The van der Waals surface area contributed by atoms with Gasteiger partial charge in [-0.05, 0) is 26.2 Å². The average molecular weight is 186 g/mol. The quantitative estimate of drug-likeness (QED) is 0.698. The zero-order valence-corrected chi connectivity index (χ0v) is 8.11. The molecular weight excluding hydrogens is 168 g/mol. The van der Waals surface area contributed by atoms with Gasteiger partial charge in [0.25, 0.3) is 0 Å². The summed E-state index contributed by atoms with van der Waals surface area (Å²) in [5.41, 5.74) is 0. The fourth-order valence-corrected chi connectivity index (χ4v) is 2.21. The maximum atomic E-state index is 9.96. The lowest BCUT2D eigenvalue weighted by Gasteiger charge is -2.22. The minimum atomic E-state index is -0.313. The SMILES string of the molecule is CC1CCC(C(O)C2CCOC2)O1. The highest BCUT2D eigenvalue weighted by Gasteiger charge is 2.35. The Bertz CT molecular complexity index is 166. The van der Waals surface area contributed by atoms with Gasteiger partial charge in [-0.1, -0.05) is 0 Å². The largest absolute Gasteiger partial charge is 0.390 e. The monoisotopic (exact) mass is 186 g/mol. The van der Waals surface area contributed by atoms with Gasteiger partial charge in [0, 0.05) is 12.5 Å². The number of aliphatic hydroxyl groups excluding tert-OH is 1. The lowest BCUT2D eigenvalue weighted by atomic mass is 9.96. The molecule has 3 nitrogen and oxygen atoms in total. The van der Waals surface area contributed by atoms with Crippen LogP contribution >= 0.6 is 0 Å². The van der Waals surface area contributed by atoms with Crippen LogP contribution in [-0.2, 0) is 9.47 Å². The van der Waals surface area contributed by atoms with Crippen LogP contribution in [-0.4, -0.2) is 36.6 Å². The number of ether oxygens (including phenoxy) is 2. The molecule has 0 aromatic heterocycles. The summed E-state index contributed by atoms with van der Waals surface area (Å²) in [6, 6.07) is 0. The van der Waals surface area contributed by atoms with Crippen molar-refractivity contribution in [1.82, 2.24) is 0 Å². The molecule has 76 valence electrons. The van der Waals surface area contributed by atoms with E-state index in [0.29, 0.717) is 18.6 Å². The topological polar surface area (TPSA) is 38.7 Å². The summed E-state index contributed by atoms with van der Waals surface area (Å²) in [6.07, 6.45) is 3.12. The fourth-order valence-electron chi connectivity index (χ4n) is 2.21. The summed E-state index contributed by atoms with van der Waals surface area (Å²) in [4.78, 5) is 0. The first-order valence-corrected chi connectivity index (χ1v) is 5.18. The Kier molecular flexibility index (Phi) is 2.86. The van der Waals surface area contributed by atoms with Crippen molar-refractivity contribution < 1.29 is 14.6 Å². The minimum absolute atomic E-state index is 0.0571. The predicted molar refractivity (Wildman–Crippen MR) is 48.5 cm³/mol. The second-order valence-corrected chi connectivity index (χ2v) is 4.18. The lowest BCUT2D eigenvalue weighted by molar-refractivity contribution is -0.0540. The van der Waals surface area contributed by atoms with E-state index in [-0.39, 0.29) is 12.2 Å². The molecule has 0 aromatic carbocycles. The summed E-state index contributed by atoms with van der Waals surface area (Å²) < 4.78 is 10.9. The molecule has 2 rings (SSSR count). The summed E-state index contributed by atoms with van der Waals surface area (Å²) >= 11 is 0. The molecule has 0 bridgehead atoms. The van der Waals surface area contributed by atoms with E-state index in [1.54, 1.807) is 0 Å². The third kappa shape index (κ3) is 2.03. The molecule has 0 radical (unpaired) electrons. The molecule has 0 aliphatic carbocycles. The van der Waals surface area contributed by atoms with Crippen molar-refractivity contribution in [1.29, 1.82) is 0 Å². The molecule has 0 aromatic rings. The van der Waals surface area contributed by atoms with Crippen molar-refractivity contribution in [3.8, 4) is 0 Å². The van der Waals surface area contributed by atoms with Gasteiger partial charge >= 0.3 is 0 Å². The molecule has 0 saturated carbocycles. The van der Waals surface area contributed by atoms with E-state index >= 15 is 0 Å². The maximum Gasteiger partial charge on any atom is 0.0852 e. The van der Waals surface area contributed by atoms with Crippen LogP contribution in [0.1, 0.15) is 26.2 Å². The normalized spacial score (nSPS) is 42.5. The Hall–Kier alpha value is -0.120. The van der Waals surface area contributed by atoms with E-state index in [2.05, 4.69) is 6.92 Å². The Morgan fingerprint density at radius 1 is 1.31 bits per heavy atom. The van der Waals surface area contributed by atoms with Crippen LogP contribution in [0.5, 0.6) is 0 Å². The highest BCUT2D eigenvalue weighted by atomic mass is 16.5. The van der Waals surface area contributed by atoms with Crippen molar-refractivity contribution in [2.24, 2.45) is 5.92 Å². The standard InChI is InChI=1S/C10H18O3/c1-7-2-3-9(13-7)10(11)8-4-5-12-6-8/h7-11H,2-6H2,1H3. The van der Waals surface area contributed by atoms with Crippen molar-refractivity contribution >= 4 is 0 Å². The van der Waals surface area contributed by atoms with Crippen LogP contribution in [0.2, 0.25) is 0 Å². The van der Waals surface area contributed by atoms with Gasteiger partial charge in [-0.3, -0.25) is 0 Å². The summed E-state index contributed by atoms with van der Waals surface area (Å²) in [5.74, 6) is 0.301. The number of hydrogen-bond donors (Lipinski definition) is 1. The van der Waals surface area contributed by atoms with Gasteiger partial charge in [0.2, 0.25) is 0 Å². The Balaban J connectivity index is 1.85. The van der Waals surface area contributed by atoms with Gasteiger partial charge < -0.3 is 14.6 Å². The van der Waals surface area contributed by atoms with Gasteiger partial charge in [0.1, 0.15) is 0 Å². The maximum absolute atomic E-state index is 9.96. The third-order valence-corrected chi connectivity index (χ3v) is 3.09. The molecule has 0 amide bonds. The molecule has 0 spiro atoms. The van der Waals surface area contributed by atoms with Crippen LogP contribution in [0.25, 0.3) is 0 Å². The highest BCUT2D eigenvalue weighted by Crippen LogP contribution is 2.28. The van der Waals surface area contributed by atoms with Gasteiger partial charge in [0.15, 0.2) is 0 Å². The lowest BCUT2D eigenvalue weighted by Crippen LogP contribution is -2.33. The van der Waals surface area contributed by atoms with Crippen molar-refractivity contribution in [2.75, 3.05) is 13.2 Å². The van der Waals surface area contributed by atoms with E-state index in [9.17, 15) is 5.11 Å². The Morgan fingerprint density at radius 3 is 2.69 bits per heavy atom. The second-order valence-electron chi connectivity index (χ2n) is 4.18. The molecule has 4 atom stereocenters. The first-order valence-electron chi connectivity index (χ1n) is 5.18. The van der Waals surface area contributed by atoms with Gasteiger partial charge in [-0.2, -0.15) is 0 Å². The van der Waals surface area contributed by atoms with Crippen LogP contribution in [0.4, 0.5) is 0 Å². The van der Waals surface area contributed by atoms with E-state index in [0.717, 1.165) is 25.9 Å². The average Bonchev–Trinajstić information content (AvgIpc) is 2.72. The molecule has 1 N–H and O–H groups in total. The first kappa shape index (κ1) is 9.44. The summed E-state index contributed by atoms with van der Waals surface area (Å²) in [6.45, 7) is 3.57. The molecule has 4 unspecified atom stereocenters. The molecule has 13 heavy (non-hydrogen) atoms. The first-order chi connectivity index (χ1) is 6.27. The Labute approximate surface area is 79.0 Å². The van der Waals surface area contributed by atoms with E-state index in [1.165, 1.54) is 0 Å². The van der Waals surface area contributed by atoms with Crippen LogP contribution < -0.4 is 0 Å². The molecule has 2 heterocycles. The molecule has 2 aliphatic heterocycles. The highest BCUT2D eigenvalue weighted by molar-refractivity contribution is 4.83. The zero-order valence-electron chi connectivity index (χ0n) is 8.11. The number of hydrogen-bond acceptors (Lipinski definition) is 3. The third-order valence-electron chi connectivity index (χ3n) is 3.09. The predicted octanol–water partition coefficient (Wildman–Crippen LogP) is 0.951. The molecule has 3 heteroatoms. The van der Waals surface area contributed by atoms with Crippen LogP contribution in [0.15, 0.2) is 0 Å². The summed E-state index contributed by atoms with van der Waals surface area (Å²) in [7, 11) is 0. The van der Waals surface area contributed by atoms with Crippen LogP contribution in [0.3, 0.4) is 0 Å². The van der Waals surface area contributed by atoms with Crippen molar-refractivity contribution in [3.05, 3.63) is 0 Å². The molecule has 2 fully saturated rings. The molecule has 2 aliphatic rings. The molecular formula is C10H18O3. The second kappa shape index (κ2) is 3.95. The Morgan fingerprint density at radius 2 is 2.15 bits per heavy atom. The minimum Gasteiger partial charge on any atom is -0.390 e. The van der Waals surface area contributed by atoms with Crippen molar-refractivity contribution in [3.63, 3.8) is 0 Å². The smallest absolute Gasteiger partial charge is 0.0852 e. The van der Waals surface area contributed by atoms with Crippen LogP contribution in [0, 0.1) is 5.92 Å². The van der Waals surface area contributed by atoms with E-state index < -0.39 is 0 Å². The number of rotatable bonds is 2. The fraction of sp³-hybridized carbons (Fsp3) is 1.00. The molecule has 2 saturated heterocycles. The van der Waals surface area contributed by atoms with Crippen molar-refractivity contribution in [2.45, 2.75) is 44.5 Å².